The molecule has 3 aliphatic heterocycles. The number of carbonyl (C=O) groups is 4. The van der Waals surface area contributed by atoms with Crippen LogP contribution in [0.5, 0.6) is 0 Å². The molecule has 0 saturated carbocycles. The molecule has 0 unspecified atom stereocenters. The number of thiophene rings is 1. The van der Waals surface area contributed by atoms with Crippen LogP contribution >= 0.6 is 11.3 Å². The molecule has 4 amide bonds. The summed E-state index contributed by atoms with van der Waals surface area (Å²) in [6.45, 7) is 2.44. The Hall–Kier alpha value is -3.72. The van der Waals surface area contributed by atoms with Gasteiger partial charge in [-0.05, 0) is 55.3 Å². The number of amides is 4. The maximum atomic E-state index is 13.6. The standard InChI is InChI=1S/C29H30N4O4S/c30-26(34)19-7-4-13-32(15-19)27(35)20-8-5-12-31(16-20)23-10-3-9-22-25(23)29(37)33(28(22)36)17-21-14-18-6-1-2-11-24(18)38-21/h1-3,6,9-11,14,19-20H,4-5,7-8,12-13,15-17H2,(H2,30,34)/t19-,20-/m1/s1. The Morgan fingerprint density at radius 3 is 2.53 bits per heavy atom. The maximum absolute atomic E-state index is 13.6. The fourth-order valence-electron chi connectivity index (χ4n) is 6.06. The molecule has 1 aromatic heterocycles. The molecule has 196 valence electrons. The van der Waals surface area contributed by atoms with Gasteiger partial charge >= 0.3 is 0 Å². The van der Waals surface area contributed by atoms with Crippen molar-refractivity contribution in [2.24, 2.45) is 17.6 Å². The topological polar surface area (TPSA) is 104 Å². The molecule has 2 aromatic carbocycles. The molecule has 38 heavy (non-hydrogen) atoms. The van der Waals surface area contributed by atoms with Gasteiger partial charge in [-0.3, -0.25) is 24.1 Å². The summed E-state index contributed by atoms with van der Waals surface area (Å²) in [4.78, 5) is 58.2. The molecule has 0 radical (unpaired) electrons. The molecule has 3 aromatic rings. The molecule has 4 heterocycles. The van der Waals surface area contributed by atoms with Crippen LogP contribution in [0, 0.1) is 11.8 Å². The van der Waals surface area contributed by atoms with Gasteiger partial charge in [0.25, 0.3) is 11.8 Å². The number of rotatable bonds is 5. The molecule has 2 saturated heterocycles. The molecule has 2 N–H and O–H groups in total. The zero-order valence-corrected chi connectivity index (χ0v) is 21.9. The lowest BCUT2D eigenvalue weighted by atomic mass is 9.92. The minimum absolute atomic E-state index is 0.0435. The van der Waals surface area contributed by atoms with Gasteiger partial charge in [0.1, 0.15) is 0 Å². The zero-order chi connectivity index (χ0) is 26.4. The van der Waals surface area contributed by atoms with Crippen molar-refractivity contribution in [3.05, 3.63) is 64.5 Å². The largest absolute Gasteiger partial charge is 0.370 e. The highest BCUT2D eigenvalue weighted by molar-refractivity contribution is 7.19. The lowest BCUT2D eigenvalue weighted by Crippen LogP contribution is -2.49. The molecule has 2 atom stereocenters. The van der Waals surface area contributed by atoms with E-state index < -0.39 is 0 Å². The maximum Gasteiger partial charge on any atom is 0.264 e. The molecule has 0 aliphatic carbocycles. The second kappa shape index (κ2) is 9.87. The summed E-state index contributed by atoms with van der Waals surface area (Å²) >= 11 is 1.59. The first-order chi connectivity index (χ1) is 18.4. The van der Waals surface area contributed by atoms with E-state index in [-0.39, 0.29) is 42.0 Å². The number of piperidine rings is 2. The Morgan fingerprint density at radius 2 is 1.71 bits per heavy atom. The summed E-state index contributed by atoms with van der Waals surface area (Å²) in [5.74, 6) is -1.39. The Labute approximate surface area is 225 Å². The third-order valence-electron chi connectivity index (χ3n) is 8.01. The van der Waals surface area contributed by atoms with Gasteiger partial charge in [-0.2, -0.15) is 0 Å². The van der Waals surface area contributed by atoms with E-state index in [2.05, 4.69) is 4.90 Å². The van der Waals surface area contributed by atoms with E-state index in [0.717, 1.165) is 40.6 Å². The van der Waals surface area contributed by atoms with E-state index in [1.165, 1.54) is 4.90 Å². The quantitative estimate of drug-likeness (QED) is 0.508. The van der Waals surface area contributed by atoms with Gasteiger partial charge < -0.3 is 15.5 Å². The second-order valence-electron chi connectivity index (χ2n) is 10.5. The molecule has 0 bridgehead atoms. The Morgan fingerprint density at radius 1 is 0.921 bits per heavy atom. The van der Waals surface area contributed by atoms with Crippen molar-refractivity contribution in [2.75, 3.05) is 31.1 Å². The summed E-state index contributed by atoms with van der Waals surface area (Å²) in [6, 6.07) is 15.5. The first-order valence-corrected chi connectivity index (χ1v) is 14.0. The average molecular weight is 531 g/mol. The molecular weight excluding hydrogens is 500 g/mol. The van der Waals surface area contributed by atoms with Crippen LogP contribution in [-0.4, -0.2) is 59.6 Å². The van der Waals surface area contributed by atoms with Gasteiger partial charge in [0.2, 0.25) is 11.8 Å². The van der Waals surface area contributed by atoms with E-state index in [4.69, 9.17) is 5.73 Å². The van der Waals surface area contributed by atoms with Gasteiger partial charge in [-0.25, -0.2) is 0 Å². The van der Waals surface area contributed by atoms with Gasteiger partial charge in [0.15, 0.2) is 0 Å². The summed E-state index contributed by atoms with van der Waals surface area (Å²) in [5, 5.41) is 1.10. The summed E-state index contributed by atoms with van der Waals surface area (Å²) in [5.41, 5.74) is 7.08. The highest BCUT2D eigenvalue weighted by Crippen LogP contribution is 2.36. The number of carbonyl (C=O) groups excluding carboxylic acids is 4. The van der Waals surface area contributed by atoms with Crippen LogP contribution < -0.4 is 10.6 Å². The summed E-state index contributed by atoms with van der Waals surface area (Å²) < 4.78 is 1.12. The summed E-state index contributed by atoms with van der Waals surface area (Å²) in [7, 11) is 0. The van der Waals surface area contributed by atoms with Crippen LogP contribution in [0.15, 0.2) is 48.5 Å². The number of imide groups is 1. The number of hydrogen-bond donors (Lipinski definition) is 1. The van der Waals surface area contributed by atoms with Gasteiger partial charge in [0, 0.05) is 35.8 Å². The highest BCUT2D eigenvalue weighted by Gasteiger charge is 2.40. The van der Waals surface area contributed by atoms with E-state index in [9.17, 15) is 19.2 Å². The molecule has 2 fully saturated rings. The molecule has 3 aliphatic rings. The molecule has 6 rings (SSSR count). The van der Waals surface area contributed by atoms with Crippen molar-refractivity contribution < 1.29 is 19.2 Å². The van der Waals surface area contributed by atoms with Crippen LogP contribution in [-0.2, 0) is 16.1 Å². The van der Waals surface area contributed by atoms with E-state index in [1.54, 1.807) is 22.3 Å². The van der Waals surface area contributed by atoms with Crippen LogP contribution in [0.25, 0.3) is 10.1 Å². The number of benzene rings is 2. The lowest BCUT2D eigenvalue weighted by molar-refractivity contribution is -0.139. The van der Waals surface area contributed by atoms with Gasteiger partial charge in [-0.1, -0.05) is 24.3 Å². The number of primary amides is 1. The van der Waals surface area contributed by atoms with Crippen LogP contribution in [0.2, 0.25) is 0 Å². The van der Waals surface area contributed by atoms with Crippen molar-refractivity contribution in [1.82, 2.24) is 9.80 Å². The second-order valence-corrected chi connectivity index (χ2v) is 11.6. The number of nitrogens with zero attached hydrogens (tertiary/aromatic N) is 3. The predicted octanol–water partition coefficient (Wildman–Crippen LogP) is 3.64. The van der Waals surface area contributed by atoms with Crippen LogP contribution in [0.1, 0.15) is 51.3 Å². The monoisotopic (exact) mass is 530 g/mol. The Balaban J connectivity index is 1.21. The number of nitrogens with two attached hydrogens (primary N) is 1. The van der Waals surface area contributed by atoms with E-state index in [0.29, 0.717) is 43.0 Å². The fourth-order valence-corrected chi connectivity index (χ4v) is 7.11. The van der Waals surface area contributed by atoms with Crippen LogP contribution in [0.4, 0.5) is 5.69 Å². The number of likely N-dealkylation sites (tertiary alicyclic amines) is 1. The van der Waals surface area contributed by atoms with Gasteiger partial charge in [-0.15, -0.1) is 11.3 Å². The number of hydrogen-bond acceptors (Lipinski definition) is 6. The number of anilines is 1. The highest BCUT2D eigenvalue weighted by atomic mass is 32.1. The lowest BCUT2D eigenvalue weighted by Gasteiger charge is -2.38. The normalized spacial score (nSPS) is 21.7. The number of fused-ring (bicyclic) bond motifs is 2. The van der Waals surface area contributed by atoms with E-state index >= 15 is 0 Å². The van der Waals surface area contributed by atoms with Gasteiger partial charge in [0.05, 0.1) is 35.2 Å². The van der Waals surface area contributed by atoms with E-state index in [1.807, 2.05) is 42.5 Å². The average Bonchev–Trinajstić information content (AvgIpc) is 3.47. The first-order valence-electron chi connectivity index (χ1n) is 13.2. The minimum atomic E-state index is -0.351. The molecule has 9 heteroatoms. The fraction of sp³-hybridized carbons (Fsp3) is 0.379. The third-order valence-corrected chi connectivity index (χ3v) is 9.12. The third kappa shape index (κ3) is 4.34. The Kier molecular flexibility index (Phi) is 6.39. The SMILES string of the molecule is NC(=O)[C@@H]1CCCN(C(=O)[C@@H]2CCCN(c3cccc4c3C(=O)N(Cc3cc5ccccc5s3)C4=O)C2)C1. The van der Waals surface area contributed by atoms with Crippen molar-refractivity contribution in [3.63, 3.8) is 0 Å². The molecular formula is C29H30N4O4S. The van der Waals surface area contributed by atoms with Crippen molar-refractivity contribution in [1.29, 1.82) is 0 Å². The Bertz CT molecular complexity index is 1420. The smallest absolute Gasteiger partial charge is 0.264 e. The predicted molar refractivity (Wildman–Crippen MR) is 146 cm³/mol. The first kappa shape index (κ1) is 24.6. The summed E-state index contributed by atoms with van der Waals surface area (Å²) in [6.07, 6.45) is 3.06. The van der Waals surface area contributed by atoms with Crippen molar-refractivity contribution in [2.45, 2.75) is 32.2 Å². The van der Waals surface area contributed by atoms with Crippen molar-refractivity contribution in [3.8, 4) is 0 Å². The molecule has 0 spiro atoms. The minimum Gasteiger partial charge on any atom is -0.370 e. The molecule has 8 nitrogen and oxygen atoms in total. The van der Waals surface area contributed by atoms with Crippen LogP contribution in [0.3, 0.4) is 0 Å². The van der Waals surface area contributed by atoms with Crippen molar-refractivity contribution >= 4 is 50.7 Å². The zero-order valence-electron chi connectivity index (χ0n) is 21.1.